The lowest BCUT2D eigenvalue weighted by molar-refractivity contribution is 1.46. The SMILES string of the molecule is CNc1ccc(C=CC=Cc2nc3ccccc3s2)cc1. The first kappa shape index (κ1) is 13.6. The van der Waals surface area contributed by atoms with E-state index in [1.807, 2.05) is 43.5 Å². The number of benzene rings is 2. The molecule has 0 bridgehead atoms. The lowest BCUT2D eigenvalue weighted by atomic mass is 10.2. The van der Waals surface area contributed by atoms with Crippen LogP contribution in [0.1, 0.15) is 10.6 Å². The predicted molar refractivity (Wildman–Crippen MR) is 93.7 cm³/mol. The van der Waals surface area contributed by atoms with Crippen molar-refractivity contribution in [3.8, 4) is 0 Å². The second kappa shape index (κ2) is 6.37. The van der Waals surface area contributed by atoms with Crippen LogP contribution >= 0.6 is 11.3 Å². The smallest absolute Gasteiger partial charge is 0.117 e. The van der Waals surface area contributed by atoms with E-state index in [0.29, 0.717) is 0 Å². The molecule has 3 aromatic rings. The molecule has 2 nitrogen and oxygen atoms in total. The Morgan fingerprint density at radius 3 is 2.48 bits per heavy atom. The summed E-state index contributed by atoms with van der Waals surface area (Å²) in [5.41, 5.74) is 3.37. The monoisotopic (exact) mass is 292 g/mol. The molecule has 0 aliphatic carbocycles. The highest BCUT2D eigenvalue weighted by Crippen LogP contribution is 2.22. The van der Waals surface area contributed by atoms with E-state index in [2.05, 4.69) is 46.7 Å². The van der Waals surface area contributed by atoms with Gasteiger partial charge >= 0.3 is 0 Å². The predicted octanol–water partition coefficient (Wildman–Crippen LogP) is 5.06. The van der Waals surface area contributed by atoms with Gasteiger partial charge in [0.05, 0.1) is 10.2 Å². The minimum absolute atomic E-state index is 1.03. The quantitative estimate of drug-likeness (QED) is 0.679. The molecule has 1 aromatic heterocycles. The van der Waals surface area contributed by atoms with Crippen molar-refractivity contribution in [2.24, 2.45) is 0 Å². The largest absolute Gasteiger partial charge is 0.388 e. The van der Waals surface area contributed by atoms with Gasteiger partial charge in [0.1, 0.15) is 5.01 Å². The van der Waals surface area contributed by atoms with Crippen LogP contribution in [0.2, 0.25) is 0 Å². The number of rotatable bonds is 4. The van der Waals surface area contributed by atoms with Gasteiger partial charge in [-0.05, 0) is 35.9 Å². The first-order chi connectivity index (χ1) is 10.3. The first-order valence-corrected chi connectivity index (χ1v) is 7.65. The molecule has 2 aromatic carbocycles. The summed E-state index contributed by atoms with van der Waals surface area (Å²) in [5.74, 6) is 0. The standard InChI is InChI=1S/C18H16N2S/c1-19-15-12-10-14(11-13-15)6-2-5-9-18-20-16-7-3-4-8-17(16)21-18/h2-13,19H,1H3. The van der Waals surface area contributed by atoms with Gasteiger partial charge in [0.25, 0.3) is 0 Å². The van der Waals surface area contributed by atoms with E-state index in [4.69, 9.17) is 0 Å². The minimum atomic E-state index is 1.03. The van der Waals surface area contributed by atoms with Crippen LogP contribution in [-0.4, -0.2) is 12.0 Å². The van der Waals surface area contributed by atoms with Crippen LogP contribution in [0, 0.1) is 0 Å². The van der Waals surface area contributed by atoms with Gasteiger partial charge in [-0.3, -0.25) is 0 Å². The molecule has 0 saturated heterocycles. The molecule has 0 atom stereocenters. The fourth-order valence-electron chi connectivity index (χ4n) is 2.03. The summed E-state index contributed by atoms with van der Waals surface area (Å²) < 4.78 is 1.23. The third kappa shape index (κ3) is 3.38. The number of para-hydroxylation sites is 1. The Morgan fingerprint density at radius 2 is 1.71 bits per heavy atom. The molecule has 3 rings (SSSR count). The van der Waals surface area contributed by atoms with Crippen LogP contribution in [0.5, 0.6) is 0 Å². The highest BCUT2D eigenvalue weighted by atomic mass is 32.1. The van der Waals surface area contributed by atoms with Gasteiger partial charge in [-0.25, -0.2) is 4.98 Å². The van der Waals surface area contributed by atoms with Crippen molar-refractivity contribution in [3.63, 3.8) is 0 Å². The number of aromatic nitrogens is 1. The maximum absolute atomic E-state index is 4.57. The molecule has 104 valence electrons. The second-order valence-electron chi connectivity index (χ2n) is 4.61. The van der Waals surface area contributed by atoms with E-state index in [1.54, 1.807) is 11.3 Å². The molecule has 0 aliphatic rings. The number of fused-ring (bicyclic) bond motifs is 1. The molecule has 21 heavy (non-hydrogen) atoms. The molecule has 0 fully saturated rings. The summed E-state index contributed by atoms with van der Waals surface area (Å²) in [6.45, 7) is 0. The molecule has 1 heterocycles. The number of hydrogen-bond acceptors (Lipinski definition) is 3. The summed E-state index contributed by atoms with van der Waals surface area (Å²) in [7, 11) is 1.92. The second-order valence-corrected chi connectivity index (χ2v) is 5.67. The van der Waals surface area contributed by atoms with Gasteiger partial charge in [0.15, 0.2) is 0 Å². The maximum Gasteiger partial charge on any atom is 0.117 e. The van der Waals surface area contributed by atoms with Crippen LogP contribution in [0.15, 0.2) is 60.7 Å². The van der Waals surface area contributed by atoms with E-state index < -0.39 is 0 Å². The molecule has 3 heteroatoms. The molecule has 0 radical (unpaired) electrons. The minimum Gasteiger partial charge on any atom is -0.388 e. The van der Waals surface area contributed by atoms with Gasteiger partial charge in [-0.15, -0.1) is 11.3 Å². The number of nitrogens with one attached hydrogen (secondary N) is 1. The van der Waals surface area contributed by atoms with Crippen molar-refractivity contribution >= 4 is 39.4 Å². The van der Waals surface area contributed by atoms with E-state index in [1.165, 1.54) is 10.3 Å². The topological polar surface area (TPSA) is 24.9 Å². The Labute approximate surface area is 128 Å². The summed E-state index contributed by atoms with van der Waals surface area (Å²) in [5, 5.41) is 4.14. The van der Waals surface area contributed by atoms with Crippen LogP contribution in [0.25, 0.3) is 22.4 Å². The lowest BCUT2D eigenvalue weighted by Crippen LogP contribution is -1.86. The van der Waals surface area contributed by atoms with Crippen molar-refractivity contribution in [2.45, 2.75) is 0 Å². The summed E-state index contributed by atoms with van der Waals surface area (Å²) in [6.07, 6.45) is 8.20. The first-order valence-electron chi connectivity index (χ1n) is 6.83. The van der Waals surface area contributed by atoms with Crippen molar-refractivity contribution in [1.29, 1.82) is 0 Å². The number of thiazole rings is 1. The number of anilines is 1. The van der Waals surface area contributed by atoms with Crippen LogP contribution < -0.4 is 5.32 Å². The zero-order valence-corrected chi connectivity index (χ0v) is 12.6. The van der Waals surface area contributed by atoms with E-state index in [0.717, 1.165) is 16.2 Å². The molecule has 0 spiro atoms. The Bertz CT molecular complexity index is 749. The zero-order valence-electron chi connectivity index (χ0n) is 11.8. The summed E-state index contributed by atoms with van der Waals surface area (Å²) in [4.78, 5) is 4.57. The van der Waals surface area contributed by atoms with Gasteiger partial charge in [-0.1, -0.05) is 42.5 Å². The fourth-order valence-corrected chi connectivity index (χ4v) is 2.91. The average molecular weight is 292 g/mol. The van der Waals surface area contributed by atoms with Crippen LogP contribution in [0.4, 0.5) is 5.69 Å². The van der Waals surface area contributed by atoms with Gasteiger partial charge in [-0.2, -0.15) is 0 Å². The van der Waals surface area contributed by atoms with Gasteiger partial charge < -0.3 is 5.32 Å². The van der Waals surface area contributed by atoms with Crippen molar-refractivity contribution in [3.05, 3.63) is 71.3 Å². The average Bonchev–Trinajstić information content (AvgIpc) is 2.95. The molecular weight excluding hydrogens is 276 g/mol. The Balaban J connectivity index is 1.69. The third-order valence-electron chi connectivity index (χ3n) is 3.15. The number of hydrogen-bond donors (Lipinski definition) is 1. The highest BCUT2D eigenvalue weighted by Gasteiger charge is 1.98. The summed E-state index contributed by atoms with van der Waals surface area (Å²) in [6, 6.07) is 16.5. The molecule has 0 amide bonds. The molecule has 0 unspecified atom stereocenters. The van der Waals surface area contributed by atoms with Crippen LogP contribution in [0.3, 0.4) is 0 Å². The normalized spacial score (nSPS) is 11.7. The number of nitrogens with zero attached hydrogens (tertiary/aromatic N) is 1. The van der Waals surface area contributed by atoms with Crippen molar-refractivity contribution in [1.82, 2.24) is 4.98 Å². The molecule has 0 aliphatic heterocycles. The lowest BCUT2D eigenvalue weighted by Gasteiger charge is -1.98. The maximum atomic E-state index is 4.57. The Morgan fingerprint density at radius 1 is 0.952 bits per heavy atom. The van der Waals surface area contributed by atoms with E-state index >= 15 is 0 Å². The third-order valence-corrected chi connectivity index (χ3v) is 4.15. The van der Waals surface area contributed by atoms with Crippen molar-refractivity contribution in [2.75, 3.05) is 12.4 Å². The number of allylic oxidation sites excluding steroid dienone is 2. The van der Waals surface area contributed by atoms with E-state index in [-0.39, 0.29) is 0 Å². The molecular formula is C18H16N2S. The van der Waals surface area contributed by atoms with Gasteiger partial charge in [0.2, 0.25) is 0 Å². The zero-order chi connectivity index (χ0) is 14.5. The summed E-state index contributed by atoms with van der Waals surface area (Å²) >= 11 is 1.71. The highest BCUT2D eigenvalue weighted by molar-refractivity contribution is 7.19. The molecule has 0 saturated carbocycles. The Kier molecular flexibility index (Phi) is 4.12. The Hall–Kier alpha value is -2.39. The van der Waals surface area contributed by atoms with Crippen LogP contribution in [-0.2, 0) is 0 Å². The van der Waals surface area contributed by atoms with Gasteiger partial charge in [0, 0.05) is 12.7 Å². The molecule has 1 N–H and O–H groups in total. The van der Waals surface area contributed by atoms with E-state index in [9.17, 15) is 0 Å². The fraction of sp³-hybridized carbons (Fsp3) is 0.0556. The van der Waals surface area contributed by atoms with Crippen molar-refractivity contribution < 1.29 is 0 Å².